The molecule has 4 rings (SSSR count). The smallest absolute Gasteiger partial charge is 0.543 e. The van der Waals surface area contributed by atoms with Gasteiger partial charge in [-0.05, 0) is 22.7 Å². The Labute approximate surface area is 228 Å². The molecule has 3 aliphatic rings. The van der Waals surface area contributed by atoms with Gasteiger partial charge in [-0.2, -0.15) is 4.41 Å². The summed E-state index contributed by atoms with van der Waals surface area (Å²) in [6, 6.07) is -0.940. The van der Waals surface area contributed by atoms with E-state index in [4.69, 9.17) is 10.6 Å². The molecule has 1 saturated heterocycles. The number of aromatic nitrogens is 1. The van der Waals surface area contributed by atoms with Crippen molar-refractivity contribution in [3.63, 3.8) is 0 Å². The molecule has 1 aromatic rings. The van der Waals surface area contributed by atoms with Gasteiger partial charge in [0.15, 0.2) is 10.8 Å². The Morgan fingerprint density at radius 3 is 2.79 bits per heavy atom. The molecule has 2 atom stereocenters. The van der Waals surface area contributed by atoms with Crippen LogP contribution in [0.25, 0.3) is 0 Å². The molecule has 3 N–H and O–H groups in total. The number of nitrogens with one attached hydrogen (secondary N) is 1. The number of nitrogens with zero attached hydrogens (tertiary/aromatic N) is 7. The Morgan fingerprint density at radius 2 is 2.21 bits per heavy atom. The average molecular weight is 536 g/mol. The van der Waals surface area contributed by atoms with Crippen LogP contribution in [0.1, 0.15) is 5.69 Å². The van der Waals surface area contributed by atoms with Crippen molar-refractivity contribution in [1.82, 2.24) is 24.6 Å². The van der Waals surface area contributed by atoms with Crippen molar-refractivity contribution in [2.45, 2.75) is 11.4 Å². The third kappa shape index (κ3) is 5.28. The van der Waals surface area contributed by atoms with Crippen LogP contribution in [0.5, 0.6) is 0 Å². The third-order valence-corrected chi connectivity index (χ3v) is 7.67. The van der Waals surface area contributed by atoms with Crippen LogP contribution < -0.4 is 45.7 Å². The Kier molecular flexibility index (Phi) is 8.69. The van der Waals surface area contributed by atoms with Crippen LogP contribution in [-0.2, 0) is 19.2 Å². The van der Waals surface area contributed by atoms with E-state index in [1.807, 2.05) is 0 Å². The second-order valence-corrected chi connectivity index (χ2v) is 9.86. The minimum absolute atomic E-state index is 0. The van der Waals surface area contributed by atoms with Crippen molar-refractivity contribution in [3.05, 3.63) is 22.3 Å². The number of thiazole rings is 1. The molecule has 0 spiro atoms. The first-order valence-corrected chi connectivity index (χ1v) is 12.2. The molecule has 3 aliphatic heterocycles. The quantitative estimate of drug-likeness (QED) is 0.108. The molecule has 34 heavy (non-hydrogen) atoms. The van der Waals surface area contributed by atoms with Crippen LogP contribution >= 0.6 is 35.0 Å². The van der Waals surface area contributed by atoms with Gasteiger partial charge in [-0.1, -0.05) is 10.4 Å². The predicted molar refractivity (Wildman–Crippen MR) is 119 cm³/mol. The molecule has 2 amide bonds. The summed E-state index contributed by atoms with van der Waals surface area (Å²) in [5.74, 6) is -2.05. The van der Waals surface area contributed by atoms with E-state index in [-0.39, 0.29) is 51.8 Å². The first-order valence-electron chi connectivity index (χ1n) is 9.34. The molecule has 4 heterocycles. The minimum atomic E-state index is -1.45. The molecule has 1 aromatic heterocycles. The molecule has 1 fully saturated rings. The number of rotatable bonds is 8. The van der Waals surface area contributed by atoms with Gasteiger partial charge in [0, 0.05) is 23.9 Å². The van der Waals surface area contributed by atoms with Crippen LogP contribution in [0.15, 0.2) is 32.3 Å². The van der Waals surface area contributed by atoms with E-state index < -0.39 is 29.2 Å². The van der Waals surface area contributed by atoms with Gasteiger partial charge in [0.2, 0.25) is 0 Å². The number of hydrogen-bond acceptors (Lipinski definition) is 15. The summed E-state index contributed by atoms with van der Waals surface area (Å²) in [6.07, 6.45) is 0. The van der Waals surface area contributed by atoms with Crippen molar-refractivity contribution >= 4 is 63.7 Å². The number of fused-ring (bicyclic) bond motifs is 1. The third-order valence-electron chi connectivity index (χ3n) is 4.70. The number of amides is 2. The zero-order valence-electron chi connectivity index (χ0n) is 18.3. The number of hydrogen-bond donors (Lipinski definition) is 2. The van der Waals surface area contributed by atoms with Gasteiger partial charge < -0.3 is 25.8 Å². The van der Waals surface area contributed by atoms with Gasteiger partial charge in [0.1, 0.15) is 30.9 Å². The van der Waals surface area contributed by atoms with Gasteiger partial charge in [0.25, 0.3) is 11.8 Å². The number of carboxylic acid groups (broad SMARTS) is 1. The van der Waals surface area contributed by atoms with Gasteiger partial charge in [-0.3, -0.25) is 19.5 Å². The normalized spacial score (nSPS) is 21.8. The van der Waals surface area contributed by atoms with Crippen LogP contribution in [-0.4, -0.2) is 86.5 Å². The number of anilines is 1. The number of carbonyl (C=O) groups excluding carboxylic acids is 3. The molecular weight excluding hydrogens is 517 g/mol. The van der Waals surface area contributed by atoms with Crippen LogP contribution in [0.4, 0.5) is 5.13 Å². The molecule has 0 saturated carbocycles. The van der Waals surface area contributed by atoms with E-state index in [2.05, 4.69) is 25.9 Å². The fourth-order valence-electron chi connectivity index (χ4n) is 3.25. The zero-order chi connectivity index (χ0) is 23.7. The average Bonchev–Trinajstić information content (AvgIpc) is 3.40. The van der Waals surface area contributed by atoms with Crippen molar-refractivity contribution in [3.8, 4) is 0 Å². The van der Waals surface area contributed by atoms with Crippen molar-refractivity contribution in [2.75, 3.05) is 38.1 Å². The van der Waals surface area contributed by atoms with E-state index in [0.717, 1.165) is 16.2 Å². The number of nitrogens with two attached hydrogens (primary N) is 1. The van der Waals surface area contributed by atoms with Gasteiger partial charge in [-0.15, -0.1) is 23.1 Å². The van der Waals surface area contributed by atoms with Crippen LogP contribution in [0, 0.1) is 0 Å². The molecule has 0 bridgehead atoms. The van der Waals surface area contributed by atoms with E-state index >= 15 is 0 Å². The second kappa shape index (κ2) is 11.1. The maximum absolute atomic E-state index is 12.8. The summed E-state index contributed by atoms with van der Waals surface area (Å²) in [7, 11) is 3.03. The molecular formula is C16H18N9NaO5S3. The van der Waals surface area contributed by atoms with Crippen LogP contribution in [0.3, 0.4) is 0 Å². The first-order chi connectivity index (χ1) is 15.8. The molecule has 0 aliphatic carbocycles. The van der Waals surface area contributed by atoms with E-state index in [0.29, 0.717) is 23.7 Å². The summed E-state index contributed by atoms with van der Waals surface area (Å²) in [4.78, 5) is 47.4. The summed E-state index contributed by atoms with van der Waals surface area (Å²) < 4.78 is 1.61. The van der Waals surface area contributed by atoms with Crippen LogP contribution in [0.2, 0.25) is 0 Å². The van der Waals surface area contributed by atoms with E-state index in [1.54, 1.807) is 16.5 Å². The van der Waals surface area contributed by atoms with Crippen molar-refractivity contribution < 1.29 is 53.9 Å². The standard InChI is InChI=1S/C16H19N9O5S3.Na/c1-23-6-24(22-21-23)33-4-7-3-31-14-10(13(27)25(14)11(7)15(28)29)19-12(26)9(20-30-2)8-5-32-16(17)18-8;/h5,10,14H,3-4,6H2,1-2H3,(H2,17,18)(H,19,26)(H,28,29);/q;+1/p-1/t10?,14-;/m0./s1. The number of carbonyl (C=O) groups is 3. The SMILES string of the molecule is CON=C(C(=O)NC1C(=O)N2C(C(=O)[O-])=C(CSN3CN(C)N=N3)CS[C@@H]12)c1csc(N)n1.[Na+]. The molecule has 1 unspecified atom stereocenters. The Balaban J connectivity index is 0.00000324. The second-order valence-electron chi connectivity index (χ2n) is 6.90. The number of carboxylic acids is 1. The largest absolute Gasteiger partial charge is 1.00 e. The molecule has 14 nitrogen and oxygen atoms in total. The Morgan fingerprint density at radius 1 is 1.44 bits per heavy atom. The summed E-state index contributed by atoms with van der Waals surface area (Å²) in [6.45, 7) is 0.459. The zero-order valence-corrected chi connectivity index (χ0v) is 22.8. The predicted octanol–water partition coefficient (Wildman–Crippen LogP) is -4.38. The number of aliphatic carboxylic acids is 1. The minimum Gasteiger partial charge on any atom is -0.543 e. The molecule has 176 valence electrons. The maximum Gasteiger partial charge on any atom is 1.00 e. The summed E-state index contributed by atoms with van der Waals surface area (Å²) in [5, 5.41) is 28.8. The Bertz CT molecular complexity index is 1080. The van der Waals surface area contributed by atoms with Gasteiger partial charge in [0.05, 0.1) is 11.7 Å². The van der Waals surface area contributed by atoms with Crippen molar-refractivity contribution in [2.24, 2.45) is 15.6 Å². The molecule has 0 aromatic carbocycles. The topological polar surface area (TPSA) is 181 Å². The number of oxime groups is 1. The molecule has 18 heteroatoms. The number of nitrogen functional groups attached to an aromatic ring is 1. The monoisotopic (exact) mass is 535 g/mol. The first kappa shape index (κ1) is 26.6. The Hall–Kier alpha value is -2.05. The summed E-state index contributed by atoms with van der Waals surface area (Å²) >= 11 is 3.75. The molecule has 0 radical (unpaired) electrons. The van der Waals surface area contributed by atoms with Gasteiger partial charge >= 0.3 is 29.6 Å². The van der Waals surface area contributed by atoms with E-state index in [1.165, 1.54) is 36.2 Å². The number of β-lactam (4-membered cyclic amide) rings is 1. The summed E-state index contributed by atoms with van der Waals surface area (Å²) in [5.41, 5.74) is 6.04. The van der Waals surface area contributed by atoms with E-state index in [9.17, 15) is 19.5 Å². The van der Waals surface area contributed by atoms with Crippen molar-refractivity contribution in [1.29, 1.82) is 0 Å². The fraction of sp³-hybridized carbons (Fsp3) is 0.438. The fourth-order valence-corrected chi connectivity index (χ4v) is 6.15. The maximum atomic E-state index is 12.8. The number of thioether (sulfide) groups is 1. The van der Waals surface area contributed by atoms with Gasteiger partial charge in [-0.25, -0.2) is 4.98 Å².